The topological polar surface area (TPSA) is 81.8 Å². The second-order valence-electron chi connectivity index (χ2n) is 6.49. The molecule has 7 nitrogen and oxygen atoms in total. The quantitative estimate of drug-likeness (QED) is 0.756. The Bertz CT molecular complexity index is 718. The van der Waals surface area contributed by atoms with Crippen LogP contribution in [0.4, 0.5) is 10.1 Å². The molecule has 26 heavy (non-hydrogen) atoms. The molecule has 3 rings (SSSR count). The summed E-state index contributed by atoms with van der Waals surface area (Å²) in [6, 6.07) is 4.09. The van der Waals surface area contributed by atoms with Crippen LogP contribution in [-0.4, -0.2) is 66.3 Å². The zero-order valence-corrected chi connectivity index (χ0v) is 14.9. The molecule has 0 radical (unpaired) electrons. The van der Waals surface area contributed by atoms with E-state index < -0.39 is 17.6 Å². The minimum absolute atomic E-state index is 0.0352. The number of rotatable bonds is 4. The molecule has 140 valence electrons. The zero-order chi connectivity index (χ0) is 18.7. The Kier molecular flexibility index (Phi) is 5.73. The largest absolute Gasteiger partial charge is 0.345 e. The van der Waals surface area contributed by atoms with Gasteiger partial charge < -0.3 is 15.5 Å². The average Bonchev–Trinajstić information content (AvgIpc) is 3.42. The van der Waals surface area contributed by atoms with Gasteiger partial charge in [-0.05, 0) is 31.0 Å². The van der Waals surface area contributed by atoms with E-state index in [-0.39, 0.29) is 24.2 Å². The normalized spacial score (nSPS) is 17.7. The third kappa shape index (κ3) is 4.92. The third-order valence-electron chi connectivity index (χ3n) is 4.34. The number of hydrogen-bond acceptors (Lipinski definition) is 4. The Morgan fingerprint density at radius 3 is 2.50 bits per heavy atom. The molecule has 3 amide bonds. The lowest BCUT2D eigenvalue weighted by Crippen LogP contribution is -2.53. The fraction of sp³-hybridized carbons (Fsp3) is 0.471. The maximum atomic E-state index is 13.7. The van der Waals surface area contributed by atoms with E-state index >= 15 is 0 Å². The van der Waals surface area contributed by atoms with Gasteiger partial charge in [-0.25, -0.2) is 4.39 Å². The number of nitrogens with zero attached hydrogens (tertiary/aromatic N) is 2. The number of halogens is 2. The van der Waals surface area contributed by atoms with Gasteiger partial charge in [0.25, 0.3) is 0 Å². The van der Waals surface area contributed by atoms with Crippen molar-refractivity contribution < 1.29 is 18.8 Å². The van der Waals surface area contributed by atoms with E-state index in [0.29, 0.717) is 31.2 Å². The highest BCUT2D eigenvalue weighted by Gasteiger charge is 2.30. The van der Waals surface area contributed by atoms with Crippen molar-refractivity contribution in [1.82, 2.24) is 15.1 Å². The summed E-state index contributed by atoms with van der Waals surface area (Å²) < 4.78 is 13.7. The van der Waals surface area contributed by atoms with Gasteiger partial charge in [-0.15, -0.1) is 0 Å². The maximum Gasteiger partial charge on any atom is 0.311 e. The van der Waals surface area contributed by atoms with Gasteiger partial charge >= 0.3 is 11.8 Å². The van der Waals surface area contributed by atoms with Crippen LogP contribution in [0.15, 0.2) is 18.2 Å². The maximum absolute atomic E-state index is 13.7. The Labute approximate surface area is 155 Å². The van der Waals surface area contributed by atoms with Gasteiger partial charge in [-0.3, -0.25) is 19.3 Å². The molecular formula is C17H20ClFN4O3. The summed E-state index contributed by atoms with van der Waals surface area (Å²) in [7, 11) is 0. The molecule has 1 aromatic rings. The van der Waals surface area contributed by atoms with Crippen molar-refractivity contribution in [2.75, 3.05) is 38.0 Å². The second-order valence-corrected chi connectivity index (χ2v) is 6.92. The van der Waals surface area contributed by atoms with Crippen molar-refractivity contribution in [2.24, 2.45) is 0 Å². The minimum atomic E-state index is -0.560. The van der Waals surface area contributed by atoms with Crippen LogP contribution in [-0.2, 0) is 14.4 Å². The molecule has 1 aliphatic heterocycles. The molecule has 0 spiro atoms. The van der Waals surface area contributed by atoms with Crippen LogP contribution in [0.1, 0.15) is 12.8 Å². The van der Waals surface area contributed by atoms with Gasteiger partial charge in [0.05, 0.1) is 12.2 Å². The van der Waals surface area contributed by atoms with Gasteiger partial charge in [0, 0.05) is 37.2 Å². The SMILES string of the molecule is O=C(CN1CCN(C(=O)C(=O)NC2CC2)CC1)Nc1cc(Cl)ccc1F. The van der Waals surface area contributed by atoms with Crippen LogP contribution < -0.4 is 10.6 Å². The summed E-state index contributed by atoms with van der Waals surface area (Å²) in [4.78, 5) is 39.3. The molecule has 1 saturated heterocycles. The highest BCUT2D eigenvalue weighted by atomic mass is 35.5. The van der Waals surface area contributed by atoms with E-state index in [2.05, 4.69) is 10.6 Å². The van der Waals surface area contributed by atoms with E-state index in [4.69, 9.17) is 11.6 Å². The van der Waals surface area contributed by atoms with Crippen LogP contribution >= 0.6 is 11.6 Å². The van der Waals surface area contributed by atoms with Gasteiger partial charge in [-0.2, -0.15) is 0 Å². The molecule has 0 bridgehead atoms. The van der Waals surface area contributed by atoms with Crippen molar-refractivity contribution in [3.05, 3.63) is 29.0 Å². The van der Waals surface area contributed by atoms with E-state index in [1.807, 2.05) is 4.90 Å². The lowest BCUT2D eigenvalue weighted by molar-refractivity contribution is -0.147. The fourth-order valence-corrected chi connectivity index (χ4v) is 2.89. The standard InChI is InChI=1S/C17H20ClFN4O3/c18-11-1-4-13(19)14(9-11)21-15(24)10-22-5-7-23(8-6-22)17(26)16(25)20-12-2-3-12/h1,4,9,12H,2-3,5-8,10H2,(H,20,25)(H,21,24). The molecule has 2 fully saturated rings. The Morgan fingerprint density at radius 1 is 1.15 bits per heavy atom. The minimum Gasteiger partial charge on any atom is -0.345 e. The number of hydrogen-bond donors (Lipinski definition) is 2. The molecule has 2 N–H and O–H groups in total. The van der Waals surface area contributed by atoms with Crippen molar-refractivity contribution in [3.63, 3.8) is 0 Å². The van der Waals surface area contributed by atoms with E-state index in [1.54, 1.807) is 0 Å². The van der Waals surface area contributed by atoms with Crippen LogP contribution in [0.2, 0.25) is 5.02 Å². The molecule has 9 heteroatoms. The monoisotopic (exact) mass is 382 g/mol. The number of anilines is 1. The van der Waals surface area contributed by atoms with Crippen LogP contribution in [0.25, 0.3) is 0 Å². The van der Waals surface area contributed by atoms with E-state index in [9.17, 15) is 18.8 Å². The average molecular weight is 383 g/mol. The molecule has 1 heterocycles. The van der Waals surface area contributed by atoms with E-state index in [1.165, 1.54) is 23.1 Å². The van der Waals surface area contributed by atoms with E-state index in [0.717, 1.165) is 12.8 Å². The zero-order valence-electron chi connectivity index (χ0n) is 14.1. The molecule has 0 atom stereocenters. The summed E-state index contributed by atoms with van der Waals surface area (Å²) in [6.45, 7) is 1.75. The fourth-order valence-electron chi connectivity index (χ4n) is 2.71. The lowest BCUT2D eigenvalue weighted by Gasteiger charge is -2.33. The summed E-state index contributed by atoms with van der Waals surface area (Å²) >= 11 is 5.80. The first-order valence-electron chi connectivity index (χ1n) is 8.49. The van der Waals surface area contributed by atoms with Crippen LogP contribution in [0, 0.1) is 5.82 Å². The van der Waals surface area contributed by atoms with Crippen LogP contribution in [0.5, 0.6) is 0 Å². The van der Waals surface area contributed by atoms with Gasteiger partial charge in [0.2, 0.25) is 5.91 Å². The first kappa shape index (κ1) is 18.6. The Balaban J connectivity index is 1.44. The number of amides is 3. The first-order chi connectivity index (χ1) is 12.4. The van der Waals surface area contributed by atoms with Gasteiger partial charge in [-0.1, -0.05) is 11.6 Å². The number of benzene rings is 1. The number of piperazine rings is 1. The molecule has 1 saturated carbocycles. The smallest absolute Gasteiger partial charge is 0.311 e. The molecule has 2 aliphatic rings. The molecule has 0 aromatic heterocycles. The predicted octanol–water partition coefficient (Wildman–Crippen LogP) is 0.840. The molecular weight excluding hydrogens is 363 g/mol. The highest BCUT2D eigenvalue weighted by Crippen LogP contribution is 2.20. The van der Waals surface area contributed by atoms with Crippen LogP contribution in [0.3, 0.4) is 0 Å². The summed E-state index contributed by atoms with van der Waals surface area (Å²) in [5, 5.41) is 5.50. The highest BCUT2D eigenvalue weighted by molar-refractivity contribution is 6.35. The third-order valence-corrected chi connectivity index (χ3v) is 4.57. The molecule has 1 aliphatic carbocycles. The van der Waals surface area contributed by atoms with Crippen molar-refractivity contribution in [3.8, 4) is 0 Å². The Hall–Kier alpha value is -2.19. The number of nitrogens with one attached hydrogen (secondary N) is 2. The van der Waals surface area contributed by atoms with Crippen molar-refractivity contribution in [2.45, 2.75) is 18.9 Å². The first-order valence-corrected chi connectivity index (χ1v) is 8.87. The predicted molar refractivity (Wildman–Crippen MR) is 94.2 cm³/mol. The summed E-state index contributed by atoms with van der Waals surface area (Å²) in [5.41, 5.74) is 0.0352. The summed E-state index contributed by atoms with van der Waals surface area (Å²) in [6.07, 6.45) is 1.85. The van der Waals surface area contributed by atoms with Crippen molar-refractivity contribution >= 4 is 35.0 Å². The molecule has 0 unspecified atom stereocenters. The lowest BCUT2D eigenvalue weighted by atomic mass is 10.2. The Morgan fingerprint density at radius 2 is 1.85 bits per heavy atom. The van der Waals surface area contributed by atoms with Gasteiger partial charge in [0.1, 0.15) is 5.82 Å². The molecule has 1 aromatic carbocycles. The van der Waals surface area contributed by atoms with Crippen molar-refractivity contribution in [1.29, 1.82) is 0 Å². The summed E-state index contributed by atoms with van der Waals surface area (Å²) in [5.74, 6) is -2.01. The number of carbonyl (C=O) groups is 3. The number of carbonyl (C=O) groups excluding carboxylic acids is 3. The van der Waals surface area contributed by atoms with Gasteiger partial charge in [0.15, 0.2) is 0 Å². The second kappa shape index (κ2) is 8.01.